The first-order chi connectivity index (χ1) is 26.2. The third kappa shape index (κ3) is 43.6. The summed E-state index contributed by atoms with van der Waals surface area (Å²) in [5, 5.41) is 0. The van der Waals surface area contributed by atoms with E-state index in [-0.39, 0.29) is 17.0 Å². The molecule has 54 heavy (non-hydrogen) atoms. The molecule has 0 saturated heterocycles. The Kier molecular flexibility index (Phi) is 51.9. The second kappa shape index (κ2) is 49.6. The van der Waals surface area contributed by atoms with Crippen molar-refractivity contribution in [3.05, 3.63) is 0 Å². The van der Waals surface area contributed by atoms with Gasteiger partial charge in [-0.3, -0.25) is 0 Å². The highest BCUT2D eigenvalue weighted by molar-refractivity contribution is 4.57. The third-order valence-corrected chi connectivity index (χ3v) is 12.9. The van der Waals surface area contributed by atoms with Crippen molar-refractivity contribution in [1.82, 2.24) is 0 Å². The summed E-state index contributed by atoms with van der Waals surface area (Å²) in [4.78, 5) is 0. The van der Waals surface area contributed by atoms with Gasteiger partial charge in [0.05, 0.1) is 26.2 Å². The zero-order chi connectivity index (χ0) is 38.4. The Morgan fingerprint density at radius 2 is 0.278 bits per heavy atom. The Morgan fingerprint density at radius 3 is 0.407 bits per heavy atom. The van der Waals surface area contributed by atoms with Crippen LogP contribution in [0.5, 0.6) is 0 Å². The van der Waals surface area contributed by atoms with E-state index in [9.17, 15) is 0 Å². The minimum absolute atomic E-state index is 0. The Bertz CT molecular complexity index is 574. The number of nitrogens with zero attached hydrogens (tertiary/aromatic N) is 1. The molecule has 0 atom stereocenters. The molecule has 0 amide bonds. The lowest BCUT2D eigenvalue weighted by molar-refractivity contribution is -0.929. The van der Waals surface area contributed by atoms with Crippen molar-refractivity contribution in [3.63, 3.8) is 0 Å². The van der Waals surface area contributed by atoms with Crippen molar-refractivity contribution in [2.24, 2.45) is 0 Å². The maximum atomic E-state index is 2.34. The van der Waals surface area contributed by atoms with Crippen molar-refractivity contribution < 1.29 is 21.5 Å². The lowest BCUT2D eigenvalue weighted by Crippen LogP contribution is -3.00. The van der Waals surface area contributed by atoms with Crippen molar-refractivity contribution in [2.45, 2.75) is 310 Å². The molecule has 0 aromatic heterocycles. The van der Waals surface area contributed by atoms with Crippen LogP contribution in [0.3, 0.4) is 0 Å². The summed E-state index contributed by atoms with van der Waals surface area (Å²) in [5.41, 5.74) is 0. The van der Waals surface area contributed by atoms with Gasteiger partial charge in [-0.15, -0.1) is 0 Å². The molecule has 0 aliphatic heterocycles. The van der Waals surface area contributed by atoms with E-state index in [1.54, 1.807) is 0 Å². The Balaban J connectivity index is 0. The highest BCUT2D eigenvalue weighted by Crippen LogP contribution is 2.22. The zero-order valence-electron chi connectivity index (χ0n) is 38.8. The summed E-state index contributed by atoms with van der Waals surface area (Å²) in [6.45, 7) is 15.3. The molecule has 0 spiro atoms. The fourth-order valence-electron chi connectivity index (χ4n) is 9.12. The van der Waals surface area contributed by atoms with E-state index in [1.165, 1.54) is 313 Å². The van der Waals surface area contributed by atoms with Gasteiger partial charge in [0.15, 0.2) is 0 Å². The molecule has 0 rings (SSSR count). The summed E-state index contributed by atoms with van der Waals surface area (Å²) in [5.74, 6) is 0. The van der Waals surface area contributed by atoms with Gasteiger partial charge in [0, 0.05) is 0 Å². The van der Waals surface area contributed by atoms with E-state index in [1.807, 2.05) is 0 Å². The number of unbranched alkanes of at least 4 members (excludes halogenated alkanes) is 40. The fourth-order valence-corrected chi connectivity index (χ4v) is 9.12. The van der Waals surface area contributed by atoms with E-state index in [0.717, 1.165) is 0 Å². The molecule has 1 nitrogen and oxygen atoms in total. The van der Waals surface area contributed by atoms with Crippen LogP contribution < -0.4 is 17.0 Å². The predicted molar refractivity (Wildman–Crippen MR) is 246 cm³/mol. The quantitative estimate of drug-likeness (QED) is 0.0423. The first-order valence-corrected chi connectivity index (χ1v) is 26.1. The average Bonchev–Trinajstić information content (AvgIpc) is 3.17. The van der Waals surface area contributed by atoms with E-state index < -0.39 is 0 Å². The highest BCUT2D eigenvalue weighted by Gasteiger charge is 2.25. The molecule has 0 fully saturated rings. The summed E-state index contributed by atoms with van der Waals surface area (Å²) in [6, 6.07) is 0. The van der Waals surface area contributed by atoms with Crippen LogP contribution in [0.25, 0.3) is 0 Å². The second-order valence-electron chi connectivity index (χ2n) is 18.4. The van der Waals surface area contributed by atoms with E-state index in [2.05, 4.69) is 27.7 Å². The topological polar surface area (TPSA) is 0 Å². The van der Waals surface area contributed by atoms with Gasteiger partial charge in [-0.1, -0.05) is 259 Å². The van der Waals surface area contributed by atoms with Gasteiger partial charge in [0.1, 0.15) is 0 Å². The Morgan fingerprint density at radius 1 is 0.167 bits per heavy atom. The van der Waals surface area contributed by atoms with Crippen LogP contribution in [0, 0.1) is 0 Å². The molecule has 0 aromatic rings. The summed E-state index contributed by atoms with van der Waals surface area (Å²) >= 11 is 0. The molecule has 0 aromatic carbocycles. The van der Waals surface area contributed by atoms with Crippen LogP contribution in [0.4, 0.5) is 0 Å². The van der Waals surface area contributed by atoms with Gasteiger partial charge >= 0.3 is 0 Å². The molecule has 0 aliphatic carbocycles. The molecule has 328 valence electrons. The number of halogens is 1. The third-order valence-electron chi connectivity index (χ3n) is 12.9. The van der Waals surface area contributed by atoms with Crippen LogP contribution in [0.1, 0.15) is 310 Å². The molecule has 0 unspecified atom stereocenters. The van der Waals surface area contributed by atoms with E-state index in [4.69, 9.17) is 0 Å². The number of quaternary nitrogens is 1. The maximum absolute atomic E-state index is 2.34. The molecule has 0 heterocycles. The van der Waals surface area contributed by atoms with Crippen LogP contribution in [-0.4, -0.2) is 30.7 Å². The molecule has 0 saturated carbocycles. The minimum atomic E-state index is 0. The van der Waals surface area contributed by atoms with Crippen LogP contribution in [0.15, 0.2) is 0 Å². The van der Waals surface area contributed by atoms with Gasteiger partial charge in [0.25, 0.3) is 0 Å². The summed E-state index contributed by atoms with van der Waals surface area (Å²) in [6.07, 6.45) is 64.7. The van der Waals surface area contributed by atoms with Crippen LogP contribution >= 0.6 is 0 Å². The lowest BCUT2D eigenvalue weighted by Gasteiger charge is -2.40. The van der Waals surface area contributed by atoms with Crippen molar-refractivity contribution >= 4 is 0 Å². The monoisotopic (exact) mass is 826 g/mol. The smallest absolute Gasteiger partial charge is 0.0786 e. The van der Waals surface area contributed by atoms with E-state index >= 15 is 0 Å². The van der Waals surface area contributed by atoms with Gasteiger partial charge < -0.3 is 21.5 Å². The van der Waals surface area contributed by atoms with E-state index in [0.29, 0.717) is 0 Å². The minimum Gasteiger partial charge on any atom is -1.00 e. The largest absolute Gasteiger partial charge is 1.00 e. The first-order valence-electron chi connectivity index (χ1n) is 26.1. The molecular weight excluding hydrogens is 718 g/mol. The summed E-state index contributed by atoms with van der Waals surface area (Å²) in [7, 11) is 0. The van der Waals surface area contributed by atoms with Crippen molar-refractivity contribution in [1.29, 1.82) is 0 Å². The summed E-state index contributed by atoms with van der Waals surface area (Å²) < 4.78 is 1.49. The van der Waals surface area contributed by atoms with Crippen LogP contribution in [0.2, 0.25) is 0 Å². The Labute approximate surface area is 356 Å². The molecular formula is C52H108BrN. The molecule has 2 heteroatoms. The van der Waals surface area contributed by atoms with Crippen LogP contribution in [-0.2, 0) is 0 Å². The number of rotatable bonds is 48. The number of hydrogen-bond donors (Lipinski definition) is 0. The van der Waals surface area contributed by atoms with Gasteiger partial charge in [-0.25, -0.2) is 0 Å². The lowest BCUT2D eigenvalue weighted by atomic mass is 10.0. The maximum Gasteiger partial charge on any atom is 0.0786 e. The highest BCUT2D eigenvalue weighted by atomic mass is 79.9. The standard InChI is InChI=1S/C52H108N.BrH/c1-5-9-13-17-21-25-29-30-31-32-36-40-44-48-52-53(49-45-41-37-33-26-22-18-14-10-6-2,50-46-42-38-34-27-23-19-15-11-7-3)51-47-43-39-35-28-24-20-16-12-8-4;/h5-52H2,1-4H3;1H/q+1;/p-1. The fraction of sp³-hybridized carbons (Fsp3) is 1.00. The first kappa shape index (κ1) is 56.5. The predicted octanol–water partition coefficient (Wildman–Crippen LogP) is 16.1. The Hall–Kier alpha value is 0.440. The molecule has 0 aliphatic rings. The van der Waals surface area contributed by atoms with Crippen molar-refractivity contribution in [3.8, 4) is 0 Å². The normalized spacial score (nSPS) is 11.8. The van der Waals surface area contributed by atoms with Gasteiger partial charge in [-0.2, -0.15) is 0 Å². The SMILES string of the molecule is CCCCCCCCCCCCCCCC[N+](CCCCCCCCCCCC)(CCCCCCCCCCCC)CCCCCCCCCCCC.[Br-]. The zero-order valence-corrected chi connectivity index (χ0v) is 40.4. The molecule has 0 N–H and O–H groups in total. The molecule has 0 bridgehead atoms. The van der Waals surface area contributed by atoms with Gasteiger partial charge in [-0.05, 0) is 51.4 Å². The second-order valence-corrected chi connectivity index (χ2v) is 18.4. The van der Waals surface area contributed by atoms with Gasteiger partial charge in [0.2, 0.25) is 0 Å². The van der Waals surface area contributed by atoms with Crippen molar-refractivity contribution in [2.75, 3.05) is 26.2 Å². The average molecular weight is 827 g/mol. The number of hydrogen-bond acceptors (Lipinski definition) is 0. The molecule has 0 radical (unpaired) electrons.